The van der Waals surface area contributed by atoms with Crippen molar-refractivity contribution in [3.05, 3.63) is 59.4 Å². The second-order valence-electron chi connectivity index (χ2n) is 13.2. The molecule has 1 saturated heterocycles. The molecule has 2 aliphatic rings. The Hall–Kier alpha value is -3.57. The Morgan fingerprint density at radius 2 is 1.71 bits per heavy atom. The Morgan fingerprint density at radius 1 is 1.02 bits per heavy atom. The van der Waals surface area contributed by atoms with Crippen molar-refractivity contribution in [2.45, 2.75) is 83.3 Å². The minimum atomic E-state index is -3.95. The Bertz CT molecular complexity index is 1630. The van der Waals surface area contributed by atoms with Gasteiger partial charge < -0.3 is 24.1 Å². The molecule has 2 heterocycles. The number of carboxylic acid groups (broad SMARTS) is 1. The van der Waals surface area contributed by atoms with Gasteiger partial charge in [-0.2, -0.15) is 4.31 Å². The first-order valence-corrected chi connectivity index (χ1v) is 17.3. The lowest BCUT2D eigenvalue weighted by atomic mass is 9.87. The first-order chi connectivity index (χ1) is 21.3. The number of rotatable bonds is 9. The largest absolute Gasteiger partial charge is 0.475 e. The van der Waals surface area contributed by atoms with Gasteiger partial charge in [0.05, 0.1) is 4.90 Å². The molecule has 0 spiro atoms. The number of amides is 1. The van der Waals surface area contributed by atoms with E-state index in [1.165, 1.54) is 31.4 Å². The van der Waals surface area contributed by atoms with Crippen LogP contribution in [0.15, 0.2) is 51.8 Å². The molecule has 2 fully saturated rings. The minimum absolute atomic E-state index is 0.114. The Kier molecular flexibility index (Phi) is 9.79. The number of furan rings is 1. The quantitative estimate of drug-likeness (QED) is 0.276. The summed E-state index contributed by atoms with van der Waals surface area (Å²) in [5.74, 6) is -0.885. The van der Waals surface area contributed by atoms with E-state index in [4.69, 9.17) is 9.15 Å². The number of nitrogens with zero attached hydrogens (tertiary/aromatic N) is 3. The van der Waals surface area contributed by atoms with Crippen LogP contribution in [0.2, 0.25) is 0 Å². The summed E-state index contributed by atoms with van der Waals surface area (Å²) in [5, 5.41) is 9.99. The molecule has 1 aliphatic heterocycles. The van der Waals surface area contributed by atoms with Crippen LogP contribution < -0.4 is 4.90 Å². The highest BCUT2D eigenvalue weighted by Gasteiger charge is 2.30. The number of fused-ring (bicyclic) bond motifs is 1. The van der Waals surface area contributed by atoms with Gasteiger partial charge in [0.15, 0.2) is 0 Å². The number of aryl methyl sites for hydroxylation is 1. The van der Waals surface area contributed by atoms with Gasteiger partial charge >= 0.3 is 12.1 Å². The highest BCUT2D eigenvalue weighted by Crippen LogP contribution is 2.33. The predicted octanol–water partition coefficient (Wildman–Crippen LogP) is 6.66. The van der Waals surface area contributed by atoms with E-state index in [9.17, 15) is 23.1 Å². The fraction of sp³-hybridized carbons (Fsp3) is 0.529. The van der Waals surface area contributed by atoms with Gasteiger partial charge in [0, 0.05) is 55.9 Å². The fourth-order valence-electron chi connectivity index (χ4n) is 6.40. The highest BCUT2D eigenvalue weighted by molar-refractivity contribution is 7.89. The molecule has 0 unspecified atom stereocenters. The van der Waals surface area contributed by atoms with Gasteiger partial charge in [0.2, 0.25) is 15.8 Å². The van der Waals surface area contributed by atoms with E-state index in [2.05, 4.69) is 4.90 Å². The van der Waals surface area contributed by atoms with E-state index >= 15 is 0 Å². The summed E-state index contributed by atoms with van der Waals surface area (Å²) in [6.07, 6.45) is 6.28. The number of aromatic carboxylic acids is 1. The van der Waals surface area contributed by atoms with E-state index < -0.39 is 21.6 Å². The Balaban J connectivity index is 1.41. The fourth-order valence-corrected chi connectivity index (χ4v) is 7.86. The van der Waals surface area contributed by atoms with Gasteiger partial charge in [0.1, 0.15) is 11.2 Å². The summed E-state index contributed by atoms with van der Waals surface area (Å²) >= 11 is 0. The number of hydrogen-bond acceptors (Lipinski definition) is 7. The average molecular weight is 640 g/mol. The molecule has 3 aromatic rings. The maximum Gasteiger partial charge on any atom is 0.410 e. The molecular formula is C34H45N3O7S. The Labute approximate surface area is 266 Å². The van der Waals surface area contributed by atoms with E-state index in [0.29, 0.717) is 55.2 Å². The Morgan fingerprint density at radius 3 is 2.38 bits per heavy atom. The zero-order valence-electron chi connectivity index (χ0n) is 26.8. The van der Waals surface area contributed by atoms with Crippen molar-refractivity contribution in [2.75, 3.05) is 37.6 Å². The maximum atomic E-state index is 14.3. The molecule has 11 heteroatoms. The molecule has 1 aromatic heterocycles. The van der Waals surface area contributed by atoms with Crippen LogP contribution in [0.1, 0.15) is 81.0 Å². The third-order valence-corrected chi connectivity index (χ3v) is 10.7. The number of anilines is 1. The summed E-state index contributed by atoms with van der Waals surface area (Å²) in [4.78, 5) is 28.3. The van der Waals surface area contributed by atoms with Crippen molar-refractivity contribution < 1.29 is 32.3 Å². The molecule has 45 heavy (non-hydrogen) atoms. The van der Waals surface area contributed by atoms with Crippen molar-refractivity contribution in [3.63, 3.8) is 0 Å². The van der Waals surface area contributed by atoms with E-state index in [1.54, 1.807) is 22.2 Å². The normalized spacial score (nSPS) is 16.8. The first kappa shape index (κ1) is 32.8. The molecule has 1 saturated carbocycles. The van der Waals surface area contributed by atoms with Crippen LogP contribution in [0, 0.1) is 12.8 Å². The molecule has 2 aromatic carbocycles. The number of ether oxygens (including phenoxy) is 1. The highest BCUT2D eigenvalue weighted by atomic mass is 32.2. The molecule has 1 amide bonds. The van der Waals surface area contributed by atoms with Crippen LogP contribution in [-0.2, 0) is 21.3 Å². The zero-order valence-corrected chi connectivity index (χ0v) is 27.6. The smallest absolute Gasteiger partial charge is 0.410 e. The lowest BCUT2D eigenvalue weighted by Crippen LogP contribution is -2.50. The van der Waals surface area contributed by atoms with Crippen LogP contribution in [-0.4, -0.2) is 73.1 Å². The summed E-state index contributed by atoms with van der Waals surface area (Å²) < 4.78 is 41.3. The van der Waals surface area contributed by atoms with Crippen molar-refractivity contribution in [1.82, 2.24) is 9.21 Å². The number of piperazine rings is 1. The standard InChI is InChI=1S/C34H45N3O7S/c1-24-28-22-27(14-15-30(28)43-31(24)32(38)39)45(41,42)37(17-16-25-10-6-5-7-11-25)23-26-12-8-9-13-29(26)35-18-20-36(21-19-35)33(40)44-34(2,3)4/h8-9,12-15,22,25H,5-7,10-11,16-21,23H2,1-4H3,(H,38,39). The lowest BCUT2D eigenvalue weighted by Gasteiger charge is -2.38. The molecule has 1 N–H and O–H groups in total. The van der Waals surface area contributed by atoms with Gasteiger partial charge in [0.25, 0.3) is 0 Å². The van der Waals surface area contributed by atoms with E-state index in [1.807, 2.05) is 45.0 Å². The topological polar surface area (TPSA) is 121 Å². The number of benzene rings is 2. The molecule has 5 rings (SSSR count). The second-order valence-corrected chi connectivity index (χ2v) is 15.2. The zero-order chi connectivity index (χ0) is 32.4. The number of carboxylic acids is 1. The summed E-state index contributed by atoms with van der Waals surface area (Å²) in [5.41, 5.74) is 2.02. The summed E-state index contributed by atoms with van der Waals surface area (Å²) in [6.45, 7) is 10.0. The number of carbonyl (C=O) groups is 2. The first-order valence-electron chi connectivity index (χ1n) is 15.9. The number of sulfonamides is 1. The van der Waals surface area contributed by atoms with Crippen molar-refractivity contribution >= 4 is 38.7 Å². The molecule has 0 bridgehead atoms. The SMILES string of the molecule is Cc1c(C(=O)O)oc2ccc(S(=O)(=O)N(CCC3CCCCC3)Cc3ccccc3N3CCN(C(=O)OC(C)(C)C)CC3)cc12. The van der Waals surface area contributed by atoms with Crippen LogP contribution in [0.3, 0.4) is 0 Å². The van der Waals surface area contributed by atoms with Gasteiger partial charge in [-0.25, -0.2) is 18.0 Å². The molecular weight excluding hydrogens is 594 g/mol. The van der Waals surface area contributed by atoms with E-state index in [-0.39, 0.29) is 23.3 Å². The van der Waals surface area contributed by atoms with Crippen LogP contribution in [0.5, 0.6) is 0 Å². The van der Waals surface area contributed by atoms with Crippen LogP contribution in [0.25, 0.3) is 11.0 Å². The van der Waals surface area contributed by atoms with Crippen LogP contribution in [0.4, 0.5) is 10.5 Å². The number of para-hydroxylation sites is 1. The van der Waals surface area contributed by atoms with E-state index in [0.717, 1.165) is 30.5 Å². The average Bonchev–Trinajstić information content (AvgIpc) is 3.35. The number of carbonyl (C=O) groups excluding carboxylic acids is 1. The predicted molar refractivity (Wildman–Crippen MR) is 173 cm³/mol. The molecule has 0 atom stereocenters. The van der Waals surface area contributed by atoms with Gasteiger partial charge in [-0.05, 0) is 69.9 Å². The lowest BCUT2D eigenvalue weighted by molar-refractivity contribution is 0.0240. The van der Waals surface area contributed by atoms with Crippen molar-refractivity contribution in [3.8, 4) is 0 Å². The molecule has 10 nitrogen and oxygen atoms in total. The number of hydrogen-bond donors (Lipinski definition) is 1. The van der Waals surface area contributed by atoms with Crippen molar-refractivity contribution in [2.24, 2.45) is 5.92 Å². The third kappa shape index (κ3) is 7.64. The minimum Gasteiger partial charge on any atom is -0.475 e. The van der Waals surface area contributed by atoms with Crippen LogP contribution >= 0.6 is 0 Å². The second kappa shape index (κ2) is 13.4. The van der Waals surface area contributed by atoms with Gasteiger partial charge in [-0.3, -0.25) is 0 Å². The maximum absolute atomic E-state index is 14.3. The van der Waals surface area contributed by atoms with Gasteiger partial charge in [-0.1, -0.05) is 50.3 Å². The molecule has 1 aliphatic carbocycles. The molecule has 244 valence electrons. The summed E-state index contributed by atoms with van der Waals surface area (Å²) in [7, 11) is -3.95. The molecule has 0 radical (unpaired) electrons. The monoisotopic (exact) mass is 639 g/mol. The summed E-state index contributed by atoms with van der Waals surface area (Å²) in [6, 6.07) is 12.4. The third-order valence-electron chi connectivity index (χ3n) is 8.86. The van der Waals surface area contributed by atoms with Gasteiger partial charge in [-0.15, -0.1) is 0 Å². The van der Waals surface area contributed by atoms with Crippen molar-refractivity contribution in [1.29, 1.82) is 0 Å².